The van der Waals surface area contributed by atoms with Gasteiger partial charge in [0.25, 0.3) is 0 Å². The molecule has 1 heterocycles. The van der Waals surface area contributed by atoms with Gasteiger partial charge in [-0.25, -0.2) is 4.98 Å². The number of hydrogen-bond donors (Lipinski definition) is 1. The molecule has 1 unspecified atom stereocenters. The molecular weight excluding hydrogens is 236 g/mol. The molecule has 1 saturated carbocycles. The smallest absolute Gasteiger partial charge is 0.167 e. The maximum Gasteiger partial charge on any atom is 0.167 e. The van der Waals surface area contributed by atoms with Crippen molar-refractivity contribution < 1.29 is 0 Å². The average molecular weight is 256 g/mol. The Hall–Kier alpha value is -1.68. The summed E-state index contributed by atoms with van der Waals surface area (Å²) in [5.74, 6) is 2.37. The molecule has 0 aliphatic heterocycles. The Morgan fingerprint density at radius 2 is 2.16 bits per heavy atom. The second-order valence-electron chi connectivity index (χ2n) is 5.42. The Labute approximate surface area is 113 Å². The molecule has 0 spiro atoms. The van der Waals surface area contributed by atoms with Crippen LogP contribution in [0.2, 0.25) is 0 Å². The highest BCUT2D eigenvalue weighted by Gasteiger charge is 2.37. The molecule has 100 valence electrons. The lowest BCUT2D eigenvalue weighted by atomic mass is 10.1. The van der Waals surface area contributed by atoms with E-state index >= 15 is 0 Å². The Bertz CT molecular complexity index is 534. The van der Waals surface area contributed by atoms with Gasteiger partial charge in [0.1, 0.15) is 6.33 Å². The lowest BCUT2D eigenvalue weighted by Crippen LogP contribution is -2.22. The molecule has 3 atom stereocenters. The van der Waals surface area contributed by atoms with E-state index in [9.17, 15) is 0 Å². The number of rotatable bonds is 5. The van der Waals surface area contributed by atoms with Crippen LogP contribution in [0.1, 0.15) is 36.7 Å². The summed E-state index contributed by atoms with van der Waals surface area (Å²) in [5.41, 5.74) is 1.47. The zero-order chi connectivity index (χ0) is 13.2. The standard InChI is InChI=1S/C15H20N4/c1-11(15-17-10-19(2)18-15)16-9-13-8-14(13)12-6-4-3-5-7-12/h3-7,10-11,13-14,16H,8-9H2,1-2H3/t11?,13-,14-/m0/s1. The number of aromatic nitrogens is 3. The first-order valence-electron chi connectivity index (χ1n) is 6.88. The fraction of sp³-hybridized carbons (Fsp3) is 0.467. The molecule has 1 aromatic carbocycles. The molecule has 0 radical (unpaired) electrons. The molecule has 19 heavy (non-hydrogen) atoms. The zero-order valence-electron chi connectivity index (χ0n) is 11.5. The topological polar surface area (TPSA) is 42.7 Å². The predicted octanol–water partition coefficient (Wildman–Crippen LogP) is 2.27. The number of nitrogens with one attached hydrogen (secondary N) is 1. The van der Waals surface area contributed by atoms with E-state index in [0.717, 1.165) is 24.2 Å². The van der Waals surface area contributed by atoms with Gasteiger partial charge in [-0.2, -0.15) is 5.10 Å². The quantitative estimate of drug-likeness (QED) is 0.892. The Kier molecular flexibility index (Phi) is 3.34. The minimum Gasteiger partial charge on any atom is -0.307 e. The van der Waals surface area contributed by atoms with E-state index in [1.807, 2.05) is 7.05 Å². The second-order valence-corrected chi connectivity index (χ2v) is 5.42. The minimum absolute atomic E-state index is 0.221. The third-order valence-electron chi connectivity index (χ3n) is 3.84. The van der Waals surface area contributed by atoms with Crippen LogP contribution in [0.4, 0.5) is 0 Å². The third kappa shape index (κ3) is 2.84. The summed E-state index contributed by atoms with van der Waals surface area (Å²) in [6, 6.07) is 11.0. The van der Waals surface area contributed by atoms with E-state index in [1.54, 1.807) is 11.0 Å². The number of aryl methyl sites for hydroxylation is 1. The maximum atomic E-state index is 4.33. The summed E-state index contributed by atoms with van der Waals surface area (Å²) in [6.45, 7) is 3.16. The Morgan fingerprint density at radius 1 is 1.37 bits per heavy atom. The third-order valence-corrected chi connectivity index (χ3v) is 3.84. The van der Waals surface area contributed by atoms with E-state index in [1.165, 1.54) is 12.0 Å². The molecule has 3 rings (SSSR count). The highest BCUT2D eigenvalue weighted by molar-refractivity contribution is 5.25. The second kappa shape index (κ2) is 5.13. The van der Waals surface area contributed by atoms with Crippen molar-refractivity contribution in [3.05, 3.63) is 48.0 Å². The Morgan fingerprint density at radius 3 is 2.84 bits per heavy atom. The van der Waals surface area contributed by atoms with Crippen LogP contribution in [0.5, 0.6) is 0 Å². The highest BCUT2D eigenvalue weighted by Crippen LogP contribution is 2.46. The first kappa shape index (κ1) is 12.4. The molecular formula is C15H20N4. The minimum atomic E-state index is 0.221. The van der Waals surface area contributed by atoms with Gasteiger partial charge in [0, 0.05) is 7.05 Å². The molecule has 1 aromatic heterocycles. The first-order valence-corrected chi connectivity index (χ1v) is 6.88. The van der Waals surface area contributed by atoms with E-state index < -0.39 is 0 Å². The zero-order valence-corrected chi connectivity index (χ0v) is 11.5. The van der Waals surface area contributed by atoms with Crippen LogP contribution >= 0.6 is 0 Å². The number of benzene rings is 1. The molecule has 1 N–H and O–H groups in total. The normalized spacial score (nSPS) is 23.3. The van der Waals surface area contributed by atoms with Gasteiger partial charge in [0.15, 0.2) is 5.82 Å². The van der Waals surface area contributed by atoms with Crippen molar-refractivity contribution in [3.8, 4) is 0 Å². The van der Waals surface area contributed by atoms with Gasteiger partial charge >= 0.3 is 0 Å². The van der Waals surface area contributed by atoms with Crippen molar-refractivity contribution in [3.63, 3.8) is 0 Å². The van der Waals surface area contributed by atoms with Gasteiger partial charge < -0.3 is 5.32 Å². The van der Waals surface area contributed by atoms with Gasteiger partial charge in [-0.15, -0.1) is 0 Å². The van der Waals surface area contributed by atoms with Crippen molar-refractivity contribution in [1.82, 2.24) is 20.1 Å². The van der Waals surface area contributed by atoms with Crippen LogP contribution in [0.3, 0.4) is 0 Å². The van der Waals surface area contributed by atoms with E-state index in [0.29, 0.717) is 0 Å². The van der Waals surface area contributed by atoms with Gasteiger partial charge in [-0.1, -0.05) is 30.3 Å². The molecule has 4 nitrogen and oxygen atoms in total. The monoisotopic (exact) mass is 256 g/mol. The van der Waals surface area contributed by atoms with Gasteiger partial charge in [0.2, 0.25) is 0 Å². The fourth-order valence-corrected chi connectivity index (χ4v) is 2.56. The molecule has 1 fully saturated rings. The molecule has 1 aliphatic carbocycles. The van der Waals surface area contributed by atoms with Crippen molar-refractivity contribution in [2.75, 3.05) is 6.54 Å². The van der Waals surface area contributed by atoms with Gasteiger partial charge in [0.05, 0.1) is 6.04 Å². The number of nitrogens with zero attached hydrogens (tertiary/aromatic N) is 3. The Balaban J connectivity index is 1.49. The van der Waals surface area contributed by atoms with E-state index in [-0.39, 0.29) is 6.04 Å². The molecule has 2 aromatic rings. The van der Waals surface area contributed by atoms with Crippen molar-refractivity contribution in [2.24, 2.45) is 13.0 Å². The summed E-state index contributed by atoms with van der Waals surface area (Å²) in [5, 5.41) is 7.86. The van der Waals surface area contributed by atoms with Crippen LogP contribution in [0.15, 0.2) is 36.7 Å². The largest absolute Gasteiger partial charge is 0.307 e. The molecule has 4 heteroatoms. The number of hydrogen-bond acceptors (Lipinski definition) is 3. The first-order chi connectivity index (χ1) is 9.24. The van der Waals surface area contributed by atoms with Crippen LogP contribution in [0.25, 0.3) is 0 Å². The summed E-state index contributed by atoms with van der Waals surface area (Å²) in [6.07, 6.45) is 3.04. The van der Waals surface area contributed by atoms with Crippen LogP contribution in [-0.4, -0.2) is 21.3 Å². The summed E-state index contributed by atoms with van der Waals surface area (Å²) in [7, 11) is 1.90. The van der Waals surface area contributed by atoms with Crippen molar-refractivity contribution >= 4 is 0 Å². The van der Waals surface area contributed by atoms with Crippen molar-refractivity contribution in [1.29, 1.82) is 0 Å². The summed E-state index contributed by atoms with van der Waals surface area (Å²) >= 11 is 0. The molecule has 0 bridgehead atoms. The lowest BCUT2D eigenvalue weighted by molar-refractivity contribution is 0.518. The van der Waals surface area contributed by atoms with Crippen LogP contribution < -0.4 is 5.32 Å². The maximum absolute atomic E-state index is 4.33. The fourth-order valence-electron chi connectivity index (χ4n) is 2.56. The van der Waals surface area contributed by atoms with E-state index in [4.69, 9.17) is 0 Å². The summed E-state index contributed by atoms with van der Waals surface area (Å²) < 4.78 is 1.75. The molecule has 1 aliphatic rings. The van der Waals surface area contributed by atoms with Crippen molar-refractivity contribution in [2.45, 2.75) is 25.3 Å². The van der Waals surface area contributed by atoms with E-state index in [2.05, 4.69) is 52.7 Å². The predicted molar refractivity (Wildman–Crippen MR) is 74.7 cm³/mol. The summed E-state index contributed by atoms with van der Waals surface area (Å²) in [4.78, 5) is 4.28. The molecule has 0 saturated heterocycles. The molecule has 0 amide bonds. The highest BCUT2D eigenvalue weighted by atomic mass is 15.3. The van der Waals surface area contributed by atoms with Gasteiger partial charge in [-0.05, 0) is 37.3 Å². The van der Waals surface area contributed by atoms with Crippen LogP contribution in [-0.2, 0) is 7.05 Å². The van der Waals surface area contributed by atoms with Gasteiger partial charge in [-0.3, -0.25) is 4.68 Å². The lowest BCUT2D eigenvalue weighted by Gasteiger charge is -2.10. The SMILES string of the molecule is CC(NC[C@@H]1C[C@H]1c1ccccc1)c1ncn(C)n1. The van der Waals surface area contributed by atoms with Crippen LogP contribution in [0, 0.1) is 5.92 Å². The average Bonchev–Trinajstić information content (AvgIpc) is 3.09.